The van der Waals surface area contributed by atoms with Crippen LogP contribution in [0, 0.1) is 0 Å². The molecular weight excluding hydrogens is 538 g/mol. The minimum atomic E-state index is -0.493. The first-order valence-electron chi connectivity index (χ1n) is 14.8. The van der Waals surface area contributed by atoms with E-state index < -0.39 is 11.6 Å². The number of anilines is 2. The van der Waals surface area contributed by atoms with Gasteiger partial charge in [-0.25, -0.2) is 4.79 Å². The number of aryl methyl sites for hydroxylation is 1. The lowest BCUT2D eigenvalue weighted by molar-refractivity contribution is -0.143. The molecule has 0 unspecified atom stereocenters. The van der Waals surface area contributed by atoms with Crippen LogP contribution in [0.2, 0.25) is 0 Å². The van der Waals surface area contributed by atoms with E-state index in [-0.39, 0.29) is 24.8 Å². The van der Waals surface area contributed by atoms with Crippen molar-refractivity contribution in [3.63, 3.8) is 0 Å². The highest BCUT2D eigenvalue weighted by Gasteiger charge is 2.15. The largest absolute Gasteiger partial charge is 0.465 e. The molecular formula is C31H47N5O6. The molecule has 1 fully saturated rings. The number of piperidine rings is 1. The van der Waals surface area contributed by atoms with E-state index in [1.807, 2.05) is 33.2 Å². The number of amides is 2. The highest BCUT2D eigenvalue weighted by atomic mass is 16.6. The standard InChI is InChI=1S/C21H35N3O2.C10H12N2O4/c1-21(2,3)26-20(25)23-12-8-5-4-7-11-18-15-19(17-22-16-18)24-13-9-6-10-14-24;1-2-16-10(15)6-12-5-8(11-7-13)3-4-9(12)14/h15-17H,4-14H2,1-3H3,(H,23,25);3-5,7H,2,6H2,1H3,(H,11,13). The molecule has 1 aliphatic rings. The van der Waals surface area contributed by atoms with Crippen LogP contribution in [0.1, 0.15) is 78.2 Å². The van der Waals surface area contributed by atoms with Crippen molar-refractivity contribution in [2.45, 2.75) is 91.2 Å². The Morgan fingerprint density at radius 3 is 2.48 bits per heavy atom. The predicted molar refractivity (Wildman–Crippen MR) is 164 cm³/mol. The fraction of sp³-hybridized carbons (Fsp3) is 0.581. The highest BCUT2D eigenvalue weighted by molar-refractivity contribution is 5.71. The number of pyridine rings is 2. The third-order valence-electron chi connectivity index (χ3n) is 6.38. The molecule has 0 bridgehead atoms. The average Bonchev–Trinajstić information content (AvgIpc) is 2.95. The monoisotopic (exact) mass is 585 g/mol. The number of ether oxygens (including phenoxy) is 2. The third-order valence-corrected chi connectivity index (χ3v) is 6.38. The second-order valence-electron chi connectivity index (χ2n) is 11.1. The molecule has 42 heavy (non-hydrogen) atoms. The molecule has 232 valence electrons. The quantitative estimate of drug-likeness (QED) is 0.197. The van der Waals surface area contributed by atoms with Crippen molar-refractivity contribution in [1.82, 2.24) is 14.9 Å². The Balaban J connectivity index is 0.000000330. The lowest BCUT2D eigenvalue weighted by atomic mass is 10.1. The molecule has 2 N–H and O–H groups in total. The van der Waals surface area contributed by atoms with Crippen LogP contribution in [0.5, 0.6) is 0 Å². The van der Waals surface area contributed by atoms with E-state index in [2.05, 4.69) is 26.6 Å². The molecule has 2 aromatic heterocycles. The third kappa shape index (κ3) is 14.1. The number of aromatic nitrogens is 2. The first kappa shape index (κ1) is 34.3. The zero-order valence-corrected chi connectivity index (χ0v) is 25.5. The Kier molecular flexibility index (Phi) is 15.1. The second kappa shape index (κ2) is 18.5. The SMILES string of the molecule is CC(C)(C)OC(=O)NCCCCCCc1cncc(N2CCCCC2)c1.CCOC(=O)Cn1cc(NC=O)ccc1=O. The molecule has 1 aliphatic heterocycles. The zero-order chi connectivity index (χ0) is 30.8. The van der Waals surface area contributed by atoms with Gasteiger partial charge in [-0.1, -0.05) is 12.8 Å². The maximum atomic E-state index is 11.6. The number of nitrogens with one attached hydrogen (secondary N) is 2. The van der Waals surface area contributed by atoms with Crippen LogP contribution >= 0.6 is 0 Å². The van der Waals surface area contributed by atoms with Gasteiger partial charge in [-0.3, -0.25) is 19.4 Å². The molecule has 0 aliphatic carbocycles. The van der Waals surface area contributed by atoms with Crippen molar-refractivity contribution < 1.29 is 23.9 Å². The van der Waals surface area contributed by atoms with Crippen molar-refractivity contribution in [2.75, 3.05) is 36.5 Å². The van der Waals surface area contributed by atoms with Crippen LogP contribution in [-0.4, -0.2) is 59.9 Å². The summed E-state index contributed by atoms with van der Waals surface area (Å²) in [6.45, 7) is 10.4. The summed E-state index contributed by atoms with van der Waals surface area (Å²) in [5.74, 6) is -0.493. The number of esters is 1. The molecule has 3 heterocycles. The molecule has 0 aromatic carbocycles. The minimum absolute atomic E-state index is 0.166. The van der Waals surface area contributed by atoms with E-state index in [4.69, 9.17) is 9.47 Å². The smallest absolute Gasteiger partial charge is 0.407 e. The van der Waals surface area contributed by atoms with Crippen LogP contribution in [-0.2, 0) is 32.0 Å². The van der Waals surface area contributed by atoms with Gasteiger partial charge in [-0.15, -0.1) is 0 Å². The Labute approximate surface area is 249 Å². The van der Waals surface area contributed by atoms with Gasteiger partial charge in [0.1, 0.15) is 12.1 Å². The number of rotatable bonds is 13. The van der Waals surface area contributed by atoms with Crippen LogP contribution in [0.4, 0.5) is 16.2 Å². The van der Waals surface area contributed by atoms with Crippen LogP contribution < -0.4 is 21.1 Å². The van der Waals surface area contributed by atoms with E-state index in [1.54, 1.807) is 6.92 Å². The second-order valence-corrected chi connectivity index (χ2v) is 11.1. The summed E-state index contributed by atoms with van der Waals surface area (Å²) in [5, 5.41) is 5.20. The van der Waals surface area contributed by atoms with Gasteiger partial charge in [0.2, 0.25) is 6.41 Å². The van der Waals surface area contributed by atoms with Crippen LogP contribution in [0.25, 0.3) is 0 Å². The van der Waals surface area contributed by atoms with Crippen molar-refractivity contribution in [1.29, 1.82) is 0 Å². The van der Waals surface area contributed by atoms with E-state index in [9.17, 15) is 19.2 Å². The van der Waals surface area contributed by atoms with Crippen molar-refractivity contribution in [3.05, 3.63) is 52.7 Å². The number of carbonyl (C=O) groups excluding carboxylic acids is 3. The fourth-order valence-electron chi connectivity index (χ4n) is 4.40. The number of hydrogen-bond donors (Lipinski definition) is 2. The van der Waals surface area contributed by atoms with E-state index >= 15 is 0 Å². The summed E-state index contributed by atoms with van der Waals surface area (Å²) in [4.78, 5) is 51.2. The first-order chi connectivity index (χ1) is 20.1. The topological polar surface area (TPSA) is 132 Å². The average molecular weight is 586 g/mol. The number of unbranched alkanes of at least 4 members (excludes halogenated alkanes) is 3. The number of carbonyl (C=O) groups is 3. The van der Waals surface area contributed by atoms with Gasteiger partial charge in [0.15, 0.2) is 0 Å². The zero-order valence-electron chi connectivity index (χ0n) is 25.5. The van der Waals surface area contributed by atoms with E-state index in [0.717, 1.165) is 38.8 Å². The minimum Gasteiger partial charge on any atom is -0.465 e. The molecule has 11 nitrogen and oxygen atoms in total. The van der Waals surface area contributed by atoms with E-state index in [0.29, 0.717) is 18.6 Å². The maximum absolute atomic E-state index is 11.6. The maximum Gasteiger partial charge on any atom is 0.407 e. The van der Waals surface area contributed by atoms with Gasteiger partial charge in [0.05, 0.1) is 24.2 Å². The lowest BCUT2D eigenvalue weighted by Crippen LogP contribution is -2.32. The predicted octanol–water partition coefficient (Wildman–Crippen LogP) is 4.68. The Bertz CT molecular complexity index is 1170. The van der Waals surface area contributed by atoms with Crippen molar-refractivity contribution >= 4 is 29.8 Å². The number of alkyl carbamates (subject to hydrolysis) is 1. The van der Waals surface area contributed by atoms with Crippen molar-refractivity contribution in [2.24, 2.45) is 0 Å². The summed E-state index contributed by atoms with van der Waals surface area (Å²) >= 11 is 0. The molecule has 11 heteroatoms. The summed E-state index contributed by atoms with van der Waals surface area (Å²) in [7, 11) is 0. The normalized spacial score (nSPS) is 12.9. The summed E-state index contributed by atoms with van der Waals surface area (Å²) in [5.41, 5.74) is 2.30. The Morgan fingerprint density at radius 1 is 1.05 bits per heavy atom. The summed E-state index contributed by atoms with van der Waals surface area (Å²) in [6, 6.07) is 5.03. The molecule has 0 radical (unpaired) electrons. The Hall–Kier alpha value is -3.89. The van der Waals surface area contributed by atoms with Gasteiger partial charge < -0.3 is 29.6 Å². The van der Waals surface area contributed by atoms with Gasteiger partial charge in [-0.05, 0) is 83.9 Å². The molecule has 0 spiro atoms. The lowest BCUT2D eigenvalue weighted by Gasteiger charge is -2.28. The summed E-state index contributed by atoms with van der Waals surface area (Å²) in [6.07, 6.45) is 15.0. The van der Waals surface area contributed by atoms with Crippen LogP contribution in [0.15, 0.2) is 41.6 Å². The molecule has 2 aromatic rings. The Morgan fingerprint density at radius 2 is 1.79 bits per heavy atom. The fourth-order valence-corrected chi connectivity index (χ4v) is 4.40. The number of nitrogens with zero attached hydrogens (tertiary/aromatic N) is 3. The molecule has 1 saturated heterocycles. The molecule has 2 amide bonds. The number of hydrogen-bond acceptors (Lipinski definition) is 8. The molecule has 3 rings (SSSR count). The van der Waals surface area contributed by atoms with Gasteiger partial charge in [-0.2, -0.15) is 0 Å². The molecule has 0 saturated carbocycles. The summed E-state index contributed by atoms with van der Waals surface area (Å²) < 4.78 is 11.1. The highest BCUT2D eigenvalue weighted by Crippen LogP contribution is 2.20. The molecule has 0 atom stereocenters. The van der Waals surface area contributed by atoms with Gasteiger partial charge in [0, 0.05) is 38.1 Å². The van der Waals surface area contributed by atoms with Gasteiger partial charge in [0.25, 0.3) is 5.56 Å². The van der Waals surface area contributed by atoms with E-state index in [1.165, 1.54) is 59.8 Å². The van der Waals surface area contributed by atoms with Crippen LogP contribution in [0.3, 0.4) is 0 Å². The van der Waals surface area contributed by atoms with Crippen molar-refractivity contribution in [3.8, 4) is 0 Å². The van der Waals surface area contributed by atoms with Gasteiger partial charge >= 0.3 is 12.1 Å². The first-order valence-corrected chi connectivity index (χ1v) is 14.8.